The van der Waals surface area contributed by atoms with Gasteiger partial charge in [-0.2, -0.15) is 0 Å². The quantitative estimate of drug-likeness (QED) is 0.750. The first-order valence-electron chi connectivity index (χ1n) is 8.49. The molecule has 120 valence electrons. The van der Waals surface area contributed by atoms with Crippen molar-refractivity contribution in [3.05, 3.63) is 36.5 Å². The van der Waals surface area contributed by atoms with Gasteiger partial charge in [-0.3, -0.25) is 0 Å². The van der Waals surface area contributed by atoms with Crippen LogP contribution in [0.15, 0.2) is 36.5 Å². The lowest BCUT2D eigenvalue weighted by Crippen LogP contribution is -2.57. The highest BCUT2D eigenvalue weighted by molar-refractivity contribution is 5.39. The molecule has 3 atom stereocenters. The Morgan fingerprint density at radius 2 is 2.14 bits per heavy atom. The number of fused-ring (bicyclic) bond motifs is 2. The lowest BCUT2D eigenvalue weighted by Gasteiger charge is -2.60. The Bertz CT molecular complexity index is 523. The Labute approximate surface area is 135 Å². The third-order valence-corrected chi connectivity index (χ3v) is 5.88. The molecule has 0 aliphatic heterocycles. The van der Waals surface area contributed by atoms with E-state index in [0.717, 1.165) is 37.3 Å². The van der Waals surface area contributed by atoms with E-state index in [1.807, 2.05) is 12.3 Å². The van der Waals surface area contributed by atoms with Gasteiger partial charge in [-0.25, -0.2) is 4.98 Å². The van der Waals surface area contributed by atoms with Gasteiger partial charge in [0.25, 0.3) is 0 Å². The van der Waals surface area contributed by atoms with Crippen molar-refractivity contribution in [3.63, 3.8) is 0 Å². The van der Waals surface area contributed by atoms with E-state index < -0.39 is 0 Å². The van der Waals surface area contributed by atoms with Crippen LogP contribution in [0.2, 0.25) is 0 Å². The zero-order chi connectivity index (χ0) is 15.7. The van der Waals surface area contributed by atoms with Crippen LogP contribution >= 0.6 is 0 Å². The predicted octanol–water partition coefficient (Wildman–Crippen LogP) is 3.44. The molecule has 1 aromatic rings. The van der Waals surface area contributed by atoms with Crippen molar-refractivity contribution in [2.45, 2.75) is 26.2 Å². The minimum Gasteiger partial charge on any atom is -0.355 e. The van der Waals surface area contributed by atoms with Gasteiger partial charge in [-0.15, -0.1) is 0 Å². The largest absolute Gasteiger partial charge is 0.355 e. The molecule has 3 heteroatoms. The molecule has 3 unspecified atom stereocenters. The first-order valence-corrected chi connectivity index (χ1v) is 8.49. The summed E-state index contributed by atoms with van der Waals surface area (Å²) in [5.41, 5.74) is 1.87. The number of nitrogens with zero attached hydrogens (tertiary/aromatic N) is 3. The number of likely N-dealkylation sites (N-methyl/N-ethyl adjacent to an activating group) is 1. The number of allylic oxidation sites excluding steroid dienone is 1. The smallest absolute Gasteiger partial charge is 0.128 e. The molecule has 3 aliphatic carbocycles. The van der Waals surface area contributed by atoms with Gasteiger partial charge in [0.05, 0.1) is 0 Å². The Kier molecular flexibility index (Phi) is 4.26. The summed E-state index contributed by atoms with van der Waals surface area (Å²) in [6.45, 7) is 10.0. The fourth-order valence-electron chi connectivity index (χ4n) is 4.35. The van der Waals surface area contributed by atoms with E-state index in [9.17, 15) is 0 Å². The molecule has 3 nitrogen and oxygen atoms in total. The first-order chi connectivity index (χ1) is 10.5. The number of pyridine rings is 1. The number of hydrogen-bond donors (Lipinski definition) is 0. The normalized spacial score (nSPS) is 30.3. The van der Waals surface area contributed by atoms with E-state index in [4.69, 9.17) is 0 Å². The third kappa shape index (κ3) is 2.79. The van der Waals surface area contributed by atoms with Gasteiger partial charge in [-0.1, -0.05) is 25.1 Å². The Morgan fingerprint density at radius 1 is 1.32 bits per heavy atom. The molecular weight excluding hydrogens is 270 g/mol. The zero-order valence-electron chi connectivity index (χ0n) is 14.3. The first kappa shape index (κ1) is 15.5. The van der Waals surface area contributed by atoms with Crippen LogP contribution < -0.4 is 4.90 Å². The lowest BCUT2D eigenvalue weighted by molar-refractivity contribution is -0.0377. The van der Waals surface area contributed by atoms with E-state index in [0.29, 0.717) is 5.41 Å². The van der Waals surface area contributed by atoms with Crippen molar-refractivity contribution in [1.29, 1.82) is 0 Å². The Hall–Kier alpha value is -1.35. The highest BCUT2D eigenvalue weighted by atomic mass is 15.2. The summed E-state index contributed by atoms with van der Waals surface area (Å²) in [6.07, 6.45) is 5.84. The van der Waals surface area contributed by atoms with E-state index in [1.165, 1.54) is 24.8 Å². The number of hydrogen-bond acceptors (Lipinski definition) is 3. The maximum absolute atomic E-state index is 4.60. The van der Waals surface area contributed by atoms with Gasteiger partial charge in [-0.05, 0) is 62.7 Å². The minimum absolute atomic E-state index is 0.388. The topological polar surface area (TPSA) is 19.4 Å². The molecule has 1 heterocycles. The fraction of sp³-hybridized carbons (Fsp3) is 0.632. The van der Waals surface area contributed by atoms with Crippen molar-refractivity contribution < 1.29 is 0 Å². The molecule has 0 spiro atoms. The molecular formula is C19H29N3. The summed E-state index contributed by atoms with van der Waals surface area (Å²) < 4.78 is 0. The standard InChI is InChI=1S/C19H29N3/c1-15-8-9-16-13-17(15)19(16,2)14-22(12-11-21(3)4)18-7-5-6-10-20-18/h5-7,10,16-17H,1,8-9,11-14H2,2-4H3. The maximum atomic E-state index is 4.60. The summed E-state index contributed by atoms with van der Waals surface area (Å²) in [5, 5.41) is 0. The van der Waals surface area contributed by atoms with Crippen molar-refractivity contribution in [2.24, 2.45) is 17.3 Å². The summed E-state index contributed by atoms with van der Waals surface area (Å²) in [6, 6.07) is 6.23. The summed E-state index contributed by atoms with van der Waals surface area (Å²) in [7, 11) is 4.27. The molecule has 0 radical (unpaired) electrons. The molecule has 2 bridgehead atoms. The van der Waals surface area contributed by atoms with Crippen LogP contribution in [0.3, 0.4) is 0 Å². The molecule has 3 fully saturated rings. The highest BCUT2D eigenvalue weighted by Gasteiger charge is 2.55. The predicted molar refractivity (Wildman–Crippen MR) is 93.1 cm³/mol. The van der Waals surface area contributed by atoms with Crippen molar-refractivity contribution in [3.8, 4) is 0 Å². The second-order valence-corrected chi connectivity index (χ2v) is 7.60. The van der Waals surface area contributed by atoms with Crippen molar-refractivity contribution in [2.75, 3.05) is 38.6 Å². The van der Waals surface area contributed by atoms with Crippen molar-refractivity contribution >= 4 is 5.82 Å². The van der Waals surface area contributed by atoms with Crippen LogP contribution in [0.25, 0.3) is 0 Å². The van der Waals surface area contributed by atoms with Crippen LogP contribution in [0.5, 0.6) is 0 Å². The summed E-state index contributed by atoms with van der Waals surface area (Å²) in [5.74, 6) is 2.70. The van der Waals surface area contributed by atoms with Gasteiger partial charge in [0.2, 0.25) is 0 Å². The second-order valence-electron chi connectivity index (χ2n) is 7.60. The number of rotatable bonds is 6. The average Bonchev–Trinajstić information content (AvgIpc) is 2.51. The summed E-state index contributed by atoms with van der Waals surface area (Å²) in [4.78, 5) is 9.33. The lowest BCUT2D eigenvalue weighted by atomic mass is 9.46. The van der Waals surface area contributed by atoms with Gasteiger partial charge in [0.1, 0.15) is 5.82 Å². The molecule has 3 saturated carbocycles. The van der Waals surface area contributed by atoms with E-state index in [-0.39, 0.29) is 0 Å². The molecule has 1 aromatic heterocycles. The van der Waals surface area contributed by atoms with Gasteiger partial charge < -0.3 is 9.80 Å². The summed E-state index contributed by atoms with van der Waals surface area (Å²) >= 11 is 0. The average molecular weight is 299 g/mol. The molecule has 0 amide bonds. The van der Waals surface area contributed by atoms with Crippen molar-refractivity contribution in [1.82, 2.24) is 9.88 Å². The second kappa shape index (κ2) is 6.04. The van der Waals surface area contributed by atoms with Crippen LogP contribution in [0.1, 0.15) is 26.2 Å². The van der Waals surface area contributed by atoms with E-state index in [1.54, 1.807) is 0 Å². The van der Waals surface area contributed by atoms with Crippen LogP contribution in [-0.2, 0) is 0 Å². The van der Waals surface area contributed by atoms with Crippen LogP contribution in [0.4, 0.5) is 5.82 Å². The maximum Gasteiger partial charge on any atom is 0.128 e. The molecule has 3 aliphatic rings. The van der Waals surface area contributed by atoms with Gasteiger partial charge in [0, 0.05) is 25.8 Å². The SMILES string of the molecule is C=C1CCC2CC1C2(C)CN(CCN(C)C)c1ccccn1. The zero-order valence-corrected chi connectivity index (χ0v) is 14.3. The number of aromatic nitrogens is 1. The van der Waals surface area contributed by atoms with E-state index in [2.05, 4.69) is 54.5 Å². The molecule has 0 N–H and O–H groups in total. The highest BCUT2D eigenvalue weighted by Crippen LogP contribution is 2.61. The molecule has 22 heavy (non-hydrogen) atoms. The Balaban J connectivity index is 1.77. The van der Waals surface area contributed by atoms with Crippen LogP contribution in [0, 0.1) is 17.3 Å². The van der Waals surface area contributed by atoms with E-state index >= 15 is 0 Å². The fourth-order valence-corrected chi connectivity index (χ4v) is 4.35. The molecule has 0 aromatic carbocycles. The number of anilines is 1. The molecule has 0 saturated heterocycles. The third-order valence-electron chi connectivity index (χ3n) is 5.88. The Morgan fingerprint density at radius 3 is 2.73 bits per heavy atom. The van der Waals surface area contributed by atoms with Crippen LogP contribution in [-0.4, -0.2) is 43.6 Å². The minimum atomic E-state index is 0.388. The molecule has 4 rings (SSSR count). The van der Waals surface area contributed by atoms with Gasteiger partial charge in [0.15, 0.2) is 0 Å². The monoisotopic (exact) mass is 299 g/mol. The van der Waals surface area contributed by atoms with Gasteiger partial charge >= 0.3 is 0 Å².